The molecule has 1 amide bonds. The summed E-state index contributed by atoms with van der Waals surface area (Å²) in [6, 6.07) is 9.50. The topological polar surface area (TPSA) is 150 Å². The smallest absolute Gasteiger partial charge is 0.292 e. The first kappa shape index (κ1) is 20.2. The summed E-state index contributed by atoms with van der Waals surface area (Å²) < 4.78 is 13.1. The van der Waals surface area contributed by atoms with Crippen LogP contribution in [0, 0.1) is 0 Å². The number of H-pyrrole nitrogens is 1. The predicted octanol–water partition coefficient (Wildman–Crippen LogP) is 3.66. The van der Waals surface area contributed by atoms with Gasteiger partial charge in [0, 0.05) is 23.9 Å². The molecule has 0 spiro atoms. The summed E-state index contributed by atoms with van der Waals surface area (Å²) >= 11 is 0. The Bertz CT molecular complexity index is 1560. The van der Waals surface area contributed by atoms with E-state index in [1.807, 2.05) is 37.4 Å². The SMILES string of the molecule is CC[C@@H](C(N)=O)n1cc(-c2cc3c4c(c(-c5ccc6oc(N)nc6c5)[nH]c4c2)NCCO3)cn1. The molecule has 1 atom stereocenters. The van der Waals surface area contributed by atoms with E-state index in [0.717, 1.165) is 44.7 Å². The molecule has 4 heterocycles. The number of carbonyl (C=O) groups is 1. The number of hydrogen-bond donors (Lipinski definition) is 4. The molecule has 5 aromatic rings. The molecule has 6 rings (SSSR count). The zero-order valence-corrected chi connectivity index (χ0v) is 18.5. The minimum atomic E-state index is -0.483. The fourth-order valence-corrected chi connectivity index (χ4v) is 4.58. The second-order valence-electron chi connectivity index (χ2n) is 8.32. The van der Waals surface area contributed by atoms with E-state index >= 15 is 0 Å². The van der Waals surface area contributed by atoms with Gasteiger partial charge in [-0.25, -0.2) is 0 Å². The maximum Gasteiger partial charge on any atom is 0.292 e. The number of rotatable bonds is 5. The molecule has 0 aliphatic carbocycles. The van der Waals surface area contributed by atoms with Gasteiger partial charge in [-0.15, -0.1) is 0 Å². The molecule has 0 saturated heterocycles. The van der Waals surface area contributed by atoms with Gasteiger partial charge in [0.25, 0.3) is 6.01 Å². The Hall–Kier alpha value is -4.47. The number of fused-ring (bicyclic) bond motifs is 1. The molecule has 10 heteroatoms. The Morgan fingerprint density at radius 1 is 1.24 bits per heavy atom. The van der Waals surface area contributed by atoms with Gasteiger partial charge in [0.1, 0.15) is 23.9 Å². The molecule has 1 aliphatic heterocycles. The third kappa shape index (κ3) is 3.14. The van der Waals surface area contributed by atoms with Gasteiger partial charge >= 0.3 is 0 Å². The summed E-state index contributed by atoms with van der Waals surface area (Å²) in [4.78, 5) is 19.6. The van der Waals surface area contributed by atoms with Gasteiger partial charge in [-0.1, -0.05) is 6.92 Å². The molecule has 3 aromatic heterocycles. The van der Waals surface area contributed by atoms with Crippen molar-refractivity contribution in [2.45, 2.75) is 19.4 Å². The van der Waals surface area contributed by atoms with Crippen LogP contribution in [0.4, 0.5) is 11.7 Å². The monoisotopic (exact) mass is 457 g/mol. The zero-order chi connectivity index (χ0) is 23.4. The van der Waals surface area contributed by atoms with E-state index in [2.05, 4.69) is 26.4 Å². The lowest BCUT2D eigenvalue weighted by Crippen LogP contribution is -2.26. The fourth-order valence-electron chi connectivity index (χ4n) is 4.58. The Morgan fingerprint density at radius 3 is 2.94 bits per heavy atom. The van der Waals surface area contributed by atoms with Crippen molar-refractivity contribution < 1.29 is 13.9 Å². The van der Waals surface area contributed by atoms with Gasteiger partial charge in [0.2, 0.25) is 5.91 Å². The van der Waals surface area contributed by atoms with Gasteiger partial charge < -0.3 is 30.9 Å². The maximum atomic E-state index is 11.8. The lowest BCUT2D eigenvalue weighted by Gasteiger charge is -2.10. The van der Waals surface area contributed by atoms with Crippen molar-refractivity contribution in [2.75, 3.05) is 24.2 Å². The number of oxazole rings is 1. The molecule has 34 heavy (non-hydrogen) atoms. The zero-order valence-electron chi connectivity index (χ0n) is 18.5. The van der Waals surface area contributed by atoms with E-state index in [9.17, 15) is 4.79 Å². The minimum absolute atomic E-state index is 0.141. The number of nitrogens with one attached hydrogen (secondary N) is 2. The number of hydrogen-bond acceptors (Lipinski definition) is 7. The number of aromatic nitrogens is 4. The normalized spacial score (nSPS) is 14.0. The van der Waals surface area contributed by atoms with Gasteiger partial charge in [0.05, 0.1) is 28.5 Å². The van der Waals surface area contributed by atoms with Crippen LogP contribution in [0.15, 0.2) is 47.1 Å². The van der Waals surface area contributed by atoms with E-state index in [0.29, 0.717) is 30.7 Å². The molecule has 10 nitrogen and oxygen atoms in total. The summed E-state index contributed by atoms with van der Waals surface area (Å²) in [5.74, 6) is 0.370. The summed E-state index contributed by atoms with van der Waals surface area (Å²) in [7, 11) is 0. The molecular weight excluding hydrogens is 434 g/mol. The summed E-state index contributed by atoms with van der Waals surface area (Å²) in [6.45, 7) is 3.10. The number of carbonyl (C=O) groups excluding carboxylic acids is 1. The highest BCUT2D eigenvalue weighted by Gasteiger charge is 2.22. The average Bonchev–Trinajstić information content (AvgIpc) is 3.48. The Labute approximate surface area is 193 Å². The van der Waals surface area contributed by atoms with E-state index < -0.39 is 11.9 Å². The average molecular weight is 457 g/mol. The highest BCUT2D eigenvalue weighted by molar-refractivity contribution is 6.07. The minimum Gasteiger partial charge on any atom is -0.491 e. The molecule has 172 valence electrons. The largest absolute Gasteiger partial charge is 0.491 e. The number of aromatic amines is 1. The highest BCUT2D eigenvalue weighted by Crippen LogP contribution is 2.44. The van der Waals surface area contributed by atoms with Crippen molar-refractivity contribution in [2.24, 2.45) is 5.73 Å². The number of amides is 1. The van der Waals surface area contributed by atoms with E-state index in [4.69, 9.17) is 20.6 Å². The first-order chi connectivity index (χ1) is 16.5. The number of nitrogen functional groups attached to an aromatic ring is 1. The third-order valence-corrected chi connectivity index (χ3v) is 6.19. The van der Waals surface area contributed by atoms with Crippen molar-refractivity contribution in [1.29, 1.82) is 0 Å². The van der Waals surface area contributed by atoms with Gasteiger partial charge in [-0.3, -0.25) is 9.48 Å². The van der Waals surface area contributed by atoms with Crippen molar-refractivity contribution >= 4 is 39.6 Å². The van der Waals surface area contributed by atoms with E-state index in [1.54, 1.807) is 10.9 Å². The van der Waals surface area contributed by atoms with Gasteiger partial charge in [0.15, 0.2) is 5.58 Å². The van der Waals surface area contributed by atoms with Crippen LogP contribution in [-0.2, 0) is 4.79 Å². The number of nitrogens with two attached hydrogens (primary N) is 2. The molecule has 0 bridgehead atoms. The highest BCUT2D eigenvalue weighted by atomic mass is 16.5. The van der Waals surface area contributed by atoms with Crippen molar-refractivity contribution in [3.8, 4) is 28.1 Å². The number of nitrogens with zero attached hydrogens (tertiary/aromatic N) is 3. The van der Waals surface area contributed by atoms with Crippen LogP contribution in [0.3, 0.4) is 0 Å². The molecular formula is C24H23N7O3. The summed E-state index contributed by atoms with van der Waals surface area (Å²) in [5, 5.41) is 8.85. The lowest BCUT2D eigenvalue weighted by molar-refractivity contribution is -0.121. The van der Waals surface area contributed by atoms with Crippen LogP contribution < -0.4 is 21.5 Å². The molecule has 0 saturated carbocycles. The summed E-state index contributed by atoms with van der Waals surface area (Å²) in [6.07, 6.45) is 4.15. The third-order valence-electron chi connectivity index (χ3n) is 6.19. The van der Waals surface area contributed by atoms with Crippen LogP contribution in [0.2, 0.25) is 0 Å². The number of benzene rings is 2. The molecule has 0 radical (unpaired) electrons. The molecule has 1 aliphatic rings. The van der Waals surface area contributed by atoms with Crippen LogP contribution in [0.5, 0.6) is 5.75 Å². The number of anilines is 2. The predicted molar refractivity (Wildman–Crippen MR) is 129 cm³/mol. The van der Waals surface area contributed by atoms with Crippen LogP contribution in [0.1, 0.15) is 19.4 Å². The molecule has 0 fully saturated rings. The van der Waals surface area contributed by atoms with Crippen molar-refractivity contribution in [3.05, 3.63) is 42.7 Å². The van der Waals surface area contributed by atoms with Crippen LogP contribution >= 0.6 is 0 Å². The Balaban J connectivity index is 1.49. The van der Waals surface area contributed by atoms with Gasteiger partial charge in [-0.2, -0.15) is 10.1 Å². The molecule has 6 N–H and O–H groups in total. The Kier molecular flexibility index (Phi) is 4.47. The number of ether oxygens (including phenoxy) is 1. The summed E-state index contributed by atoms with van der Waals surface area (Å²) in [5.41, 5.74) is 18.2. The van der Waals surface area contributed by atoms with Crippen molar-refractivity contribution in [1.82, 2.24) is 19.7 Å². The van der Waals surface area contributed by atoms with Crippen LogP contribution in [-0.4, -0.2) is 38.8 Å². The van der Waals surface area contributed by atoms with E-state index in [-0.39, 0.29) is 6.01 Å². The van der Waals surface area contributed by atoms with Gasteiger partial charge in [-0.05, 0) is 42.3 Å². The lowest BCUT2D eigenvalue weighted by atomic mass is 10.0. The molecule has 2 aromatic carbocycles. The number of primary amides is 1. The molecule has 0 unspecified atom stereocenters. The standard InChI is InChI=1S/C24H23N7O3/c1-2-17(23(25)32)31-11-14(10-28-31)13-8-16-20-19(9-13)33-6-5-27-22(20)21(29-16)12-3-4-18-15(7-12)30-24(26)34-18/h3-4,7-11,17,27,29H,2,5-6H2,1H3,(H2,25,32)(H2,26,30)/t17-/m0/s1. The quantitative estimate of drug-likeness (QED) is 0.314. The maximum absolute atomic E-state index is 11.8. The van der Waals surface area contributed by atoms with Crippen LogP contribution in [0.25, 0.3) is 44.4 Å². The second-order valence-corrected chi connectivity index (χ2v) is 8.32. The first-order valence-corrected chi connectivity index (χ1v) is 11.1. The fraction of sp³-hybridized carbons (Fsp3) is 0.208. The second kappa shape index (κ2) is 7.55. The first-order valence-electron chi connectivity index (χ1n) is 11.1. The van der Waals surface area contributed by atoms with E-state index in [1.165, 1.54) is 0 Å². The van der Waals surface area contributed by atoms with Crippen molar-refractivity contribution in [3.63, 3.8) is 0 Å². The Morgan fingerprint density at radius 2 is 2.12 bits per heavy atom.